The average Bonchev–Trinajstić information content (AvgIpc) is 2.42. The highest BCUT2D eigenvalue weighted by Gasteiger charge is 2.29. The van der Waals surface area contributed by atoms with Gasteiger partial charge in [0.15, 0.2) is 0 Å². The Kier molecular flexibility index (Phi) is 7.35. The van der Waals surface area contributed by atoms with Gasteiger partial charge in [0.25, 0.3) is 10.2 Å². The molecule has 8 heteroatoms. The molecule has 2 N–H and O–H groups in total. The Morgan fingerprint density at radius 2 is 1.65 bits per heavy atom. The summed E-state index contributed by atoms with van der Waals surface area (Å²) in [5.74, 6) is 0. The molecule has 0 amide bonds. The summed E-state index contributed by atoms with van der Waals surface area (Å²) >= 11 is 0. The van der Waals surface area contributed by atoms with Gasteiger partial charge in [0, 0.05) is 52.9 Å². The molecular formula is C12H29N5O2S. The molecule has 0 aromatic heterocycles. The van der Waals surface area contributed by atoms with E-state index in [0.29, 0.717) is 32.6 Å². The van der Waals surface area contributed by atoms with Crippen LogP contribution in [0.4, 0.5) is 0 Å². The molecule has 0 spiro atoms. The first kappa shape index (κ1) is 17.8. The maximum absolute atomic E-state index is 12.3. The fourth-order valence-corrected chi connectivity index (χ4v) is 3.53. The van der Waals surface area contributed by atoms with E-state index in [1.807, 2.05) is 14.1 Å². The third-order valence-corrected chi connectivity index (χ3v) is 5.58. The lowest BCUT2D eigenvalue weighted by Gasteiger charge is -2.36. The van der Waals surface area contributed by atoms with Gasteiger partial charge < -0.3 is 10.6 Å². The van der Waals surface area contributed by atoms with Crippen molar-refractivity contribution in [3.63, 3.8) is 0 Å². The molecule has 0 aliphatic carbocycles. The van der Waals surface area contributed by atoms with Gasteiger partial charge in [-0.15, -0.1) is 0 Å². The van der Waals surface area contributed by atoms with Crippen LogP contribution in [0.2, 0.25) is 0 Å². The second-order valence-electron chi connectivity index (χ2n) is 5.52. The Morgan fingerprint density at radius 1 is 1.05 bits per heavy atom. The Hall–Kier alpha value is -0.250. The SMILES string of the molecule is CN(C)CCN1CCN(S(=O)(=O)N(C)CCCN)CC1. The largest absolute Gasteiger partial charge is 0.330 e. The summed E-state index contributed by atoms with van der Waals surface area (Å²) in [5.41, 5.74) is 5.43. The van der Waals surface area contributed by atoms with Crippen LogP contribution in [-0.2, 0) is 10.2 Å². The molecule has 1 heterocycles. The zero-order valence-corrected chi connectivity index (χ0v) is 13.8. The van der Waals surface area contributed by atoms with Crippen LogP contribution < -0.4 is 5.73 Å². The molecule has 0 atom stereocenters. The van der Waals surface area contributed by atoms with Gasteiger partial charge in [-0.3, -0.25) is 4.90 Å². The zero-order valence-electron chi connectivity index (χ0n) is 13.0. The van der Waals surface area contributed by atoms with E-state index in [2.05, 4.69) is 9.80 Å². The molecule has 0 aromatic carbocycles. The predicted molar refractivity (Wildman–Crippen MR) is 81.8 cm³/mol. The average molecular weight is 307 g/mol. The van der Waals surface area contributed by atoms with Crippen LogP contribution in [0, 0.1) is 0 Å². The molecule has 1 rings (SSSR count). The van der Waals surface area contributed by atoms with Crippen molar-refractivity contribution in [3.05, 3.63) is 0 Å². The third-order valence-electron chi connectivity index (χ3n) is 3.59. The van der Waals surface area contributed by atoms with Crippen LogP contribution in [0.25, 0.3) is 0 Å². The van der Waals surface area contributed by atoms with Crippen molar-refractivity contribution in [3.8, 4) is 0 Å². The highest BCUT2D eigenvalue weighted by atomic mass is 32.2. The minimum atomic E-state index is -3.31. The summed E-state index contributed by atoms with van der Waals surface area (Å²) in [6.07, 6.45) is 0.693. The van der Waals surface area contributed by atoms with Crippen LogP contribution in [0.1, 0.15) is 6.42 Å². The van der Waals surface area contributed by atoms with Gasteiger partial charge in [-0.2, -0.15) is 17.0 Å². The third kappa shape index (κ3) is 5.27. The molecule has 20 heavy (non-hydrogen) atoms. The molecule has 0 aromatic rings. The van der Waals surface area contributed by atoms with E-state index in [4.69, 9.17) is 5.73 Å². The molecule has 0 bridgehead atoms. The molecule has 7 nitrogen and oxygen atoms in total. The number of nitrogens with zero attached hydrogens (tertiary/aromatic N) is 4. The lowest BCUT2D eigenvalue weighted by Crippen LogP contribution is -2.53. The molecule has 0 unspecified atom stereocenters. The van der Waals surface area contributed by atoms with Gasteiger partial charge in [0.05, 0.1) is 0 Å². The van der Waals surface area contributed by atoms with Crippen molar-refractivity contribution in [2.75, 3.05) is 73.5 Å². The van der Waals surface area contributed by atoms with E-state index in [0.717, 1.165) is 26.2 Å². The summed E-state index contributed by atoms with van der Waals surface area (Å²) in [7, 11) is 2.41. The van der Waals surface area contributed by atoms with Crippen molar-refractivity contribution in [1.82, 2.24) is 18.4 Å². The fraction of sp³-hybridized carbons (Fsp3) is 1.00. The number of rotatable bonds is 8. The predicted octanol–water partition coefficient (Wildman–Crippen LogP) is -1.31. The van der Waals surface area contributed by atoms with Gasteiger partial charge in [-0.1, -0.05) is 0 Å². The summed E-state index contributed by atoms with van der Waals surface area (Å²) in [4.78, 5) is 4.45. The van der Waals surface area contributed by atoms with Crippen molar-refractivity contribution in [2.45, 2.75) is 6.42 Å². The molecule has 1 aliphatic heterocycles. The number of likely N-dealkylation sites (N-methyl/N-ethyl adjacent to an activating group) is 1. The Balaban J connectivity index is 2.43. The van der Waals surface area contributed by atoms with Crippen LogP contribution in [0.5, 0.6) is 0 Å². The van der Waals surface area contributed by atoms with E-state index >= 15 is 0 Å². The Bertz CT molecular complexity index is 366. The second-order valence-corrected chi connectivity index (χ2v) is 7.55. The number of nitrogens with two attached hydrogens (primary N) is 1. The van der Waals surface area contributed by atoms with E-state index in [-0.39, 0.29) is 0 Å². The standard InChI is InChI=1S/C12H29N5O2S/c1-14(2)7-8-16-9-11-17(12-10-16)20(18,19)15(3)6-4-5-13/h4-13H2,1-3H3. The molecule has 0 radical (unpaired) electrons. The smallest absolute Gasteiger partial charge is 0.281 e. The van der Waals surface area contributed by atoms with Gasteiger partial charge in [-0.25, -0.2) is 0 Å². The van der Waals surface area contributed by atoms with Crippen LogP contribution in [0.15, 0.2) is 0 Å². The first-order chi connectivity index (χ1) is 9.37. The van der Waals surface area contributed by atoms with Crippen molar-refractivity contribution in [1.29, 1.82) is 0 Å². The fourth-order valence-electron chi connectivity index (χ4n) is 2.15. The van der Waals surface area contributed by atoms with E-state index in [9.17, 15) is 8.42 Å². The maximum Gasteiger partial charge on any atom is 0.281 e. The van der Waals surface area contributed by atoms with Gasteiger partial charge >= 0.3 is 0 Å². The normalized spacial score (nSPS) is 19.1. The topological polar surface area (TPSA) is 73.1 Å². The summed E-state index contributed by atoms with van der Waals surface area (Å²) in [6.45, 7) is 5.74. The van der Waals surface area contributed by atoms with Gasteiger partial charge in [-0.05, 0) is 27.1 Å². The Labute approximate surface area is 123 Å². The number of piperazine rings is 1. The van der Waals surface area contributed by atoms with Crippen molar-refractivity contribution < 1.29 is 8.42 Å². The van der Waals surface area contributed by atoms with Crippen molar-refractivity contribution in [2.24, 2.45) is 5.73 Å². The van der Waals surface area contributed by atoms with E-state index in [1.165, 1.54) is 4.31 Å². The molecule has 0 saturated carbocycles. The lowest BCUT2D eigenvalue weighted by atomic mass is 10.3. The van der Waals surface area contributed by atoms with Crippen LogP contribution in [-0.4, -0.2) is 100 Å². The summed E-state index contributed by atoms with van der Waals surface area (Å²) < 4.78 is 27.7. The van der Waals surface area contributed by atoms with Gasteiger partial charge in [0.1, 0.15) is 0 Å². The quantitative estimate of drug-likeness (QED) is 0.603. The molecule has 1 saturated heterocycles. The minimum absolute atomic E-state index is 0.486. The second kappa shape index (κ2) is 8.26. The van der Waals surface area contributed by atoms with E-state index < -0.39 is 10.2 Å². The van der Waals surface area contributed by atoms with Crippen LogP contribution >= 0.6 is 0 Å². The molecule has 1 fully saturated rings. The molecule has 1 aliphatic rings. The number of hydrogen-bond acceptors (Lipinski definition) is 5. The van der Waals surface area contributed by atoms with Crippen LogP contribution in [0.3, 0.4) is 0 Å². The Morgan fingerprint density at radius 3 is 2.15 bits per heavy atom. The molecular weight excluding hydrogens is 278 g/mol. The summed E-state index contributed by atoms with van der Waals surface area (Å²) in [5, 5.41) is 0. The first-order valence-corrected chi connectivity index (χ1v) is 8.56. The minimum Gasteiger partial charge on any atom is -0.330 e. The lowest BCUT2D eigenvalue weighted by molar-refractivity contribution is 0.170. The maximum atomic E-state index is 12.3. The monoisotopic (exact) mass is 307 g/mol. The summed E-state index contributed by atoms with van der Waals surface area (Å²) in [6, 6.07) is 0. The highest BCUT2D eigenvalue weighted by Crippen LogP contribution is 2.11. The van der Waals surface area contributed by atoms with Gasteiger partial charge in [0.2, 0.25) is 0 Å². The zero-order chi connectivity index (χ0) is 15.2. The van der Waals surface area contributed by atoms with Crippen molar-refractivity contribution >= 4 is 10.2 Å². The highest BCUT2D eigenvalue weighted by molar-refractivity contribution is 7.86. The first-order valence-electron chi connectivity index (χ1n) is 7.16. The molecule has 120 valence electrons. The van der Waals surface area contributed by atoms with E-state index in [1.54, 1.807) is 11.4 Å². The number of hydrogen-bond donors (Lipinski definition) is 1.